The van der Waals surface area contributed by atoms with Gasteiger partial charge in [0.05, 0.1) is 0 Å². The van der Waals surface area contributed by atoms with E-state index in [9.17, 15) is 0 Å². The molecule has 0 N–H and O–H groups in total. The Hall–Kier alpha value is -1.79. The van der Waals surface area contributed by atoms with Gasteiger partial charge >= 0.3 is 0 Å². The van der Waals surface area contributed by atoms with E-state index in [4.69, 9.17) is 11.6 Å². The van der Waals surface area contributed by atoms with Crippen molar-refractivity contribution >= 4 is 22.7 Å². The fourth-order valence-electron chi connectivity index (χ4n) is 3.42. The van der Waals surface area contributed by atoms with Crippen LogP contribution >= 0.6 is 11.6 Å². The molecule has 25 heavy (non-hydrogen) atoms. The summed E-state index contributed by atoms with van der Waals surface area (Å²) in [5, 5.41) is 0.812. The average molecular weight is 353 g/mol. The Bertz CT molecular complexity index is 802. The highest BCUT2D eigenvalue weighted by molar-refractivity contribution is 6.30. The first-order chi connectivity index (χ1) is 11.6. The molecule has 2 rings (SSSR count). The molecule has 1 heteroatoms. The molecule has 0 aliphatic heterocycles. The fourth-order valence-corrected chi connectivity index (χ4v) is 3.71. The van der Waals surface area contributed by atoms with Gasteiger partial charge in [-0.05, 0) is 85.1 Å². The van der Waals surface area contributed by atoms with Crippen LogP contribution in [0.2, 0.25) is 5.02 Å². The molecular formula is C24H29Cl. The van der Waals surface area contributed by atoms with Crippen LogP contribution in [0.3, 0.4) is 0 Å². The molecule has 0 heterocycles. The number of halogens is 1. The number of rotatable bonds is 5. The Kier molecular flexibility index (Phi) is 5.95. The Balaban J connectivity index is 2.36. The summed E-state index contributed by atoms with van der Waals surface area (Å²) in [6.45, 7) is 17.1. The Morgan fingerprint density at radius 3 is 2.32 bits per heavy atom. The Labute approximate surface area is 158 Å². The van der Waals surface area contributed by atoms with Crippen molar-refractivity contribution in [3.8, 4) is 0 Å². The largest absolute Gasteiger partial charge is 0.0955 e. The van der Waals surface area contributed by atoms with Gasteiger partial charge < -0.3 is 0 Å². The third kappa shape index (κ3) is 4.64. The summed E-state index contributed by atoms with van der Waals surface area (Å²) in [6, 6.07) is 13.0. The maximum absolute atomic E-state index is 6.29. The predicted molar refractivity (Wildman–Crippen MR) is 113 cm³/mol. The van der Waals surface area contributed by atoms with Crippen LogP contribution in [0.5, 0.6) is 0 Å². The minimum Gasteiger partial charge on any atom is -0.0955 e. The second-order valence-corrected chi connectivity index (χ2v) is 8.14. The highest BCUT2D eigenvalue weighted by Crippen LogP contribution is 2.36. The lowest BCUT2D eigenvalue weighted by atomic mass is 9.77. The summed E-state index contributed by atoms with van der Waals surface area (Å²) in [4.78, 5) is 0. The topological polar surface area (TPSA) is 0 Å². The summed E-state index contributed by atoms with van der Waals surface area (Å²) >= 11 is 6.29. The second-order valence-electron chi connectivity index (χ2n) is 7.70. The second kappa shape index (κ2) is 7.62. The number of allylic oxidation sites excluding steroid dienone is 3. The molecule has 132 valence electrons. The molecule has 0 fully saturated rings. The minimum absolute atomic E-state index is 0.0123. The van der Waals surface area contributed by atoms with E-state index in [2.05, 4.69) is 84.5 Å². The summed E-state index contributed by atoms with van der Waals surface area (Å²) < 4.78 is 0. The van der Waals surface area contributed by atoms with Gasteiger partial charge in [0.15, 0.2) is 0 Å². The number of hydrogen-bond acceptors (Lipinski definition) is 0. The van der Waals surface area contributed by atoms with E-state index < -0.39 is 0 Å². The summed E-state index contributed by atoms with van der Waals surface area (Å²) in [6.07, 6.45) is 3.20. The van der Waals surface area contributed by atoms with Crippen LogP contribution in [-0.2, 0) is 5.41 Å². The quantitative estimate of drug-likeness (QED) is 0.515. The first-order valence-corrected chi connectivity index (χ1v) is 9.21. The summed E-state index contributed by atoms with van der Waals surface area (Å²) in [7, 11) is 0. The van der Waals surface area contributed by atoms with Crippen LogP contribution < -0.4 is 0 Å². The zero-order valence-corrected chi connectivity index (χ0v) is 17.1. The Morgan fingerprint density at radius 1 is 1.12 bits per heavy atom. The molecule has 0 unspecified atom stereocenters. The first kappa shape index (κ1) is 19.5. The smallest absolute Gasteiger partial charge is 0.0411 e. The van der Waals surface area contributed by atoms with E-state index in [1.807, 2.05) is 6.07 Å². The summed E-state index contributed by atoms with van der Waals surface area (Å²) in [5.74, 6) is 0. The van der Waals surface area contributed by atoms with Gasteiger partial charge in [-0.3, -0.25) is 0 Å². The first-order valence-electron chi connectivity index (χ1n) is 8.84. The molecule has 2 aromatic rings. The van der Waals surface area contributed by atoms with Gasteiger partial charge in [0.1, 0.15) is 0 Å². The van der Waals surface area contributed by atoms with Crippen molar-refractivity contribution in [1.82, 2.24) is 0 Å². The number of hydrogen-bond donors (Lipinski definition) is 0. The van der Waals surface area contributed by atoms with Gasteiger partial charge in [-0.1, -0.05) is 67.9 Å². The number of benzene rings is 2. The van der Waals surface area contributed by atoms with Crippen molar-refractivity contribution in [2.75, 3.05) is 0 Å². The van der Waals surface area contributed by atoms with Crippen LogP contribution in [0, 0.1) is 13.8 Å². The lowest BCUT2D eigenvalue weighted by molar-refractivity contribution is 0.541. The van der Waals surface area contributed by atoms with Crippen LogP contribution in [-0.4, -0.2) is 0 Å². The molecular weight excluding hydrogens is 324 g/mol. The van der Waals surface area contributed by atoms with Gasteiger partial charge in [-0.2, -0.15) is 0 Å². The van der Waals surface area contributed by atoms with Gasteiger partial charge in [0.2, 0.25) is 0 Å². The zero-order valence-electron chi connectivity index (χ0n) is 16.3. The molecule has 0 nitrogen and oxygen atoms in total. The van der Waals surface area contributed by atoms with Crippen molar-refractivity contribution in [2.45, 2.75) is 53.4 Å². The SMILES string of the molecule is C=C(C)c1ccc(C(=CC)CC(C)(C)c2cc(C)cc(Cl)c2)cc1C. The third-order valence-electron chi connectivity index (χ3n) is 4.86. The Morgan fingerprint density at radius 2 is 1.80 bits per heavy atom. The third-order valence-corrected chi connectivity index (χ3v) is 5.08. The van der Waals surface area contributed by atoms with Crippen molar-refractivity contribution in [3.05, 3.63) is 81.9 Å². The van der Waals surface area contributed by atoms with Gasteiger partial charge in [0, 0.05) is 5.02 Å². The maximum Gasteiger partial charge on any atom is 0.0411 e. The van der Waals surface area contributed by atoms with Crippen LogP contribution in [0.15, 0.2) is 49.1 Å². The fraction of sp³-hybridized carbons (Fsp3) is 0.333. The average Bonchev–Trinajstić information content (AvgIpc) is 2.51. The lowest BCUT2D eigenvalue weighted by Crippen LogP contribution is -2.18. The molecule has 0 radical (unpaired) electrons. The highest BCUT2D eigenvalue weighted by Gasteiger charge is 2.23. The van der Waals surface area contributed by atoms with E-state index >= 15 is 0 Å². The molecule has 2 aromatic carbocycles. The van der Waals surface area contributed by atoms with Gasteiger partial charge in [-0.25, -0.2) is 0 Å². The predicted octanol–water partition coefficient (Wildman–Crippen LogP) is 7.76. The summed E-state index contributed by atoms with van der Waals surface area (Å²) in [5.41, 5.74) is 8.78. The highest BCUT2D eigenvalue weighted by atomic mass is 35.5. The monoisotopic (exact) mass is 352 g/mol. The van der Waals surface area contributed by atoms with E-state index in [1.54, 1.807) is 0 Å². The molecule has 0 aromatic heterocycles. The van der Waals surface area contributed by atoms with E-state index in [1.165, 1.54) is 33.4 Å². The van der Waals surface area contributed by atoms with Crippen molar-refractivity contribution in [1.29, 1.82) is 0 Å². The molecule has 0 saturated heterocycles. The molecule has 0 aliphatic rings. The van der Waals surface area contributed by atoms with Gasteiger partial charge in [-0.15, -0.1) is 0 Å². The zero-order chi connectivity index (χ0) is 18.8. The van der Waals surface area contributed by atoms with Crippen molar-refractivity contribution in [2.24, 2.45) is 0 Å². The van der Waals surface area contributed by atoms with Gasteiger partial charge in [0.25, 0.3) is 0 Å². The molecule has 0 aliphatic carbocycles. The molecule has 0 saturated carbocycles. The van der Waals surface area contributed by atoms with Crippen LogP contribution in [0.4, 0.5) is 0 Å². The normalized spacial score (nSPS) is 12.4. The van der Waals surface area contributed by atoms with Crippen LogP contribution in [0.1, 0.15) is 61.9 Å². The molecule has 0 atom stereocenters. The standard InChI is InChI=1S/C24H29Cl/c1-8-19(20-9-10-23(16(2)3)18(5)13-20)15-24(6,7)21-11-17(4)12-22(25)14-21/h8-14H,2,15H2,1,3-7H3. The number of aryl methyl sites for hydroxylation is 2. The minimum atomic E-state index is 0.0123. The van der Waals surface area contributed by atoms with Crippen molar-refractivity contribution < 1.29 is 0 Å². The van der Waals surface area contributed by atoms with Crippen molar-refractivity contribution in [3.63, 3.8) is 0 Å². The van der Waals surface area contributed by atoms with E-state index in [0.717, 1.165) is 17.0 Å². The van der Waals surface area contributed by atoms with Crippen LogP contribution in [0.25, 0.3) is 11.1 Å². The molecule has 0 bridgehead atoms. The lowest BCUT2D eigenvalue weighted by Gasteiger charge is -2.28. The molecule has 0 amide bonds. The van der Waals surface area contributed by atoms with E-state index in [-0.39, 0.29) is 5.41 Å². The molecule has 0 spiro atoms. The maximum atomic E-state index is 6.29. The van der Waals surface area contributed by atoms with E-state index in [0.29, 0.717) is 0 Å².